The van der Waals surface area contributed by atoms with Crippen LogP contribution in [0.1, 0.15) is 77.4 Å². The van der Waals surface area contributed by atoms with Crippen LogP contribution in [-0.4, -0.2) is 51.8 Å². The van der Waals surface area contributed by atoms with Crippen LogP contribution in [0.25, 0.3) is 22.2 Å². The van der Waals surface area contributed by atoms with Crippen LogP contribution < -0.4 is 10.2 Å². The number of fused-ring (bicyclic) bond motifs is 7. The van der Waals surface area contributed by atoms with Crippen molar-refractivity contribution in [3.05, 3.63) is 89.0 Å². The molecule has 4 aliphatic rings. The molecule has 2 unspecified atom stereocenters. The molecule has 2 amide bonds. The first-order valence-electron chi connectivity index (χ1n) is 15.7. The molecule has 0 spiro atoms. The number of amides is 2. The molecule has 2 aliphatic heterocycles. The van der Waals surface area contributed by atoms with Crippen molar-refractivity contribution in [2.75, 3.05) is 20.2 Å². The average Bonchev–Trinajstić information content (AvgIpc) is 3.73. The van der Waals surface area contributed by atoms with Crippen molar-refractivity contribution in [1.29, 1.82) is 0 Å². The maximum atomic E-state index is 14.5. The van der Waals surface area contributed by atoms with Gasteiger partial charge in [-0.05, 0) is 72.2 Å². The minimum atomic E-state index is -1.05. The number of benzene rings is 3. The molecule has 1 saturated heterocycles. The molecule has 3 heterocycles. The zero-order chi connectivity index (χ0) is 30.2. The standard InChI is InChI=1S/C36H37N3O5/c1-44-25-13-15-26-28(17-25)29-18-35(29,34(41)38-20-36(42,21-38)24-10-6-3-7-11-24)19-39-30-16-23(33(40)37-43)12-14-27(30)31(32(26)39)22-8-4-2-5-9-22/h3,6-7,10-17,22,29,42-43H,2,4-5,8-9,18-21H2,1H3,(H,37,40). The number of nitrogens with zero attached hydrogens (tertiary/aromatic N) is 2. The fourth-order valence-corrected chi connectivity index (χ4v) is 8.46. The topological polar surface area (TPSA) is 104 Å². The number of hydroxylamine groups is 1. The lowest BCUT2D eigenvalue weighted by atomic mass is 9.81. The quantitative estimate of drug-likeness (QED) is 0.204. The summed E-state index contributed by atoms with van der Waals surface area (Å²) in [5.74, 6) is 0.673. The first-order chi connectivity index (χ1) is 21.4. The molecular formula is C36H37N3O5. The van der Waals surface area contributed by atoms with Crippen LogP contribution in [0.5, 0.6) is 5.75 Å². The highest BCUT2D eigenvalue weighted by Crippen LogP contribution is 2.66. The van der Waals surface area contributed by atoms with Gasteiger partial charge in [0.05, 0.1) is 31.3 Å². The Bertz CT molecular complexity index is 1800. The lowest BCUT2D eigenvalue weighted by molar-refractivity contribution is -0.163. The molecule has 2 saturated carbocycles. The third-order valence-corrected chi connectivity index (χ3v) is 10.8. The van der Waals surface area contributed by atoms with Gasteiger partial charge in [0.15, 0.2) is 0 Å². The summed E-state index contributed by atoms with van der Waals surface area (Å²) in [4.78, 5) is 28.9. The van der Waals surface area contributed by atoms with Crippen LogP contribution in [0.2, 0.25) is 0 Å². The Balaban J connectivity index is 1.28. The SMILES string of the molecule is COc1ccc2c(c1)C1CC1(C(=O)N1CC(O)(c3ccccc3)C1)Cn1c-2c(C2CCCCC2)c2ccc(C(=O)NO)cc21. The van der Waals surface area contributed by atoms with E-state index in [4.69, 9.17) is 4.74 Å². The molecule has 4 aromatic rings. The predicted octanol–water partition coefficient (Wildman–Crippen LogP) is 5.70. The van der Waals surface area contributed by atoms with E-state index in [0.29, 0.717) is 24.4 Å². The zero-order valence-corrected chi connectivity index (χ0v) is 24.9. The molecule has 3 fully saturated rings. The summed E-state index contributed by atoms with van der Waals surface area (Å²) in [7, 11) is 1.67. The Labute approximate surface area is 256 Å². The third-order valence-electron chi connectivity index (χ3n) is 10.8. The molecule has 226 valence electrons. The van der Waals surface area contributed by atoms with E-state index in [1.807, 2.05) is 53.4 Å². The molecule has 8 rings (SSSR count). The van der Waals surface area contributed by atoms with Gasteiger partial charge in [0.1, 0.15) is 11.4 Å². The Kier molecular flexibility index (Phi) is 6.19. The Morgan fingerprint density at radius 3 is 2.45 bits per heavy atom. The van der Waals surface area contributed by atoms with Gasteiger partial charge in [0.2, 0.25) is 5.91 Å². The van der Waals surface area contributed by atoms with Gasteiger partial charge in [0.25, 0.3) is 5.91 Å². The van der Waals surface area contributed by atoms with Gasteiger partial charge in [-0.2, -0.15) is 0 Å². The second-order valence-corrected chi connectivity index (χ2v) is 13.3. The van der Waals surface area contributed by atoms with Gasteiger partial charge >= 0.3 is 0 Å². The molecule has 44 heavy (non-hydrogen) atoms. The molecule has 3 N–H and O–H groups in total. The van der Waals surface area contributed by atoms with E-state index in [-0.39, 0.29) is 24.9 Å². The summed E-state index contributed by atoms with van der Waals surface area (Å²) in [6.45, 7) is 1.02. The van der Waals surface area contributed by atoms with Gasteiger partial charge in [-0.25, -0.2) is 5.48 Å². The lowest BCUT2D eigenvalue weighted by Crippen LogP contribution is -2.63. The van der Waals surface area contributed by atoms with Crippen molar-refractivity contribution in [2.45, 2.75) is 62.5 Å². The maximum Gasteiger partial charge on any atom is 0.274 e. The van der Waals surface area contributed by atoms with E-state index in [9.17, 15) is 19.9 Å². The number of β-amino-alcohol motifs (C(OH)–C–C–N with tert-alkyl or cyclic N) is 1. The molecule has 0 bridgehead atoms. The van der Waals surface area contributed by atoms with Gasteiger partial charge < -0.3 is 19.3 Å². The van der Waals surface area contributed by atoms with Gasteiger partial charge in [-0.3, -0.25) is 14.8 Å². The molecule has 8 heteroatoms. The normalized spacial score (nSPS) is 23.5. The number of likely N-dealkylation sites (tertiary alicyclic amines) is 1. The Hall–Kier alpha value is -4.14. The minimum Gasteiger partial charge on any atom is -0.497 e. The van der Waals surface area contributed by atoms with E-state index in [1.165, 1.54) is 24.8 Å². The van der Waals surface area contributed by atoms with Gasteiger partial charge in [-0.1, -0.05) is 55.7 Å². The summed E-state index contributed by atoms with van der Waals surface area (Å²) < 4.78 is 7.97. The summed E-state index contributed by atoms with van der Waals surface area (Å²) in [6.07, 6.45) is 6.53. The number of ether oxygens (including phenoxy) is 1. The van der Waals surface area contributed by atoms with Crippen LogP contribution in [0, 0.1) is 5.41 Å². The maximum absolute atomic E-state index is 14.5. The van der Waals surface area contributed by atoms with Gasteiger partial charge in [-0.15, -0.1) is 0 Å². The molecule has 3 aromatic carbocycles. The van der Waals surface area contributed by atoms with Gasteiger partial charge in [0, 0.05) is 34.5 Å². The number of aliphatic hydroxyl groups is 1. The second-order valence-electron chi connectivity index (χ2n) is 13.3. The fraction of sp³-hybridized carbons (Fsp3) is 0.389. The molecule has 0 radical (unpaired) electrons. The number of nitrogens with one attached hydrogen (secondary N) is 1. The number of methoxy groups -OCH3 is 1. The van der Waals surface area contributed by atoms with E-state index in [0.717, 1.165) is 51.9 Å². The molecule has 2 atom stereocenters. The number of aromatic nitrogens is 1. The molecular weight excluding hydrogens is 554 g/mol. The number of hydrogen-bond acceptors (Lipinski definition) is 5. The molecule has 8 nitrogen and oxygen atoms in total. The summed E-state index contributed by atoms with van der Waals surface area (Å²) in [5, 5.41) is 21.9. The van der Waals surface area contributed by atoms with Crippen molar-refractivity contribution in [3.8, 4) is 17.0 Å². The van der Waals surface area contributed by atoms with Crippen molar-refractivity contribution >= 4 is 22.7 Å². The smallest absolute Gasteiger partial charge is 0.274 e. The number of rotatable bonds is 5. The monoisotopic (exact) mass is 591 g/mol. The summed E-state index contributed by atoms with van der Waals surface area (Å²) in [6, 6.07) is 21.5. The van der Waals surface area contributed by atoms with Crippen molar-refractivity contribution in [1.82, 2.24) is 14.9 Å². The van der Waals surface area contributed by atoms with E-state index < -0.39 is 16.9 Å². The first kappa shape index (κ1) is 27.4. The second kappa shape index (κ2) is 9.94. The van der Waals surface area contributed by atoms with E-state index in [2.05, 4.69) is 16.7 Å². The minimum absolute atomic E-state index is 0.0172. The fourth-order valence-electron chi connectivity index (χ4n) is 8.46. The highest BCUT2D eigenvalue weighted by molar-refractivity contribution is 6.01. The van der Waals surface area contributed by atoms with Crippen molar-refractivity contribution in [2.24, 2.45) is 5.41 Å². The zero-order valence-electron chi connectivity index (χ0n) is 24.9. The Morgan fingerprint density at radius 2 is 1.73 bits per heavy atom. The predicted molar refractivity (Wildman–Crippen MR) is 166 cm³/mol. The highest BCUT2D eigenvalue weighted by Gasteiger charge is 2.65. The third kappa shape index (κ3) is 3.97. The number of hydrogen-bond donors (Lipinski definition) is 3. The molecule has 1 aromatic heterocycles. The van der Waals surface area contributed by atoms with Crippen LogP contribution in [0.4, 0.5) is 0 Å². The number of carbonyl (C=O) groups is 2. The van der Waals surface area contributed by atoms with Crippen molar-refractivity contribution < 1.29 is 24.6 Å². The summed E-state index contributed by atoms with van der Waals surface area (Å²) >= 11 is 0. The van der Waals surface area contributed by atoms with E-state index >= 15 is 0 Å². The highest BCUT2D eigenvalue weighted by atomic mass is 16.5. The largest absolute Gasteiger partial charge is 0.497 e. The first-order valence-corrected chi connectivity index (χ1v) is 15.7. The average molecular weight is 592 g/mol. The lowest BCUT2D eigenvalue weighted by Gasteiger charge is -2.48. The van der Waals surface area contributed by atoms with Crippen LogP contribution in [-0.2, 0) is 16.9 Å². The Morgan fingerprint density at radius 1 is 0.955 bits per heavy atom. The summed E-state index contributed by atoms with van der Waals surface area (Å²) in [5.41, 5.74) is 6.86. The van der Waals surface area contributed by atoms with Crippen LogP contribution in [0.15, 0.2) is 66.7 Å². The number of carbonyl (C=O) groups excluding carboxylic acids is 2. The molecule has 2 aliphatic carbocycles. The van der Waals surface area contributed by atoms with Crippen LogP contribution >= 0.6 is 0 Å². The van der Waals surface area contributed by atoms with Crippen molar-refractivity contribution in [3.63, 3.8) is 0 Å². The van der Waals surface area contributed by atoms with Crippen LogP contribution in [0.3, 0.4) is 0 Å². The van der Waals surface area contributed by atoms with E-state index in [1.54, 1.807) is 18.7 Å².